The molecule has 1 aliphatic carbocycles. The molecule has 0 amide bonds. The number of carboxylic acids is 1. The van der Waals surface area contributed by atoms with Gasteiger partial charge in [0.25, 0.3) is 0 Å². The fraction of sp³-hybridized carbons (Fsp3) is 0.917. The van der Waals surface area contributed by atoms with E-state index in [0.717, 1.165) is 32.4 Å². The number of rotatable bonds is 6. The fourth-order valence-corrected chi connectivity index (χ4v) is 2.39. The molecule has 17 heavy (non-hydrogen) atoms. The number of likely N-dealkylation sites (tertiary alicyclic amines) is 1. The number of hydrogen-bond donors (Lipinski definition) is 2. The van der Waals surface area contributed by atoms with Crippen molar-refractivity contribution in [2.24, 2.45) is 0 Å². The molecule has 0 bridgehead atoms. The van der Waals surface area contributed by atoms with E-state index in [4.69, 9.17) is 0 Å². The van der Waals surface area contributed by atoms with E-state index >= 15 is 0 Å². The Bertz CT molecular complexity index is 279. The third kappa shape index (κ3) is 3.66. The summed E-state index contributed by atoms with van der Waals surface area (Å²) in [4.78, 5) is 15.7. The summed E-state index contributed by atoms with van der Waals surface area (Å²) in [7, 11) is 4.18. The lowest BCUT2D eigenvalue weighted by Crippen LogP contribution is -2.47. The van der Waals surface area contributed by atoms with Crippen molar-refractivity contribution in [2.45, 2.75) is 37.4 Å². The highest BCUT2D eigenvalue weighted by Gasteiger charge is 2.32. The zero-order chi connectivity index (χ0) is 12.4. The molecule has 0 spiro atoms. The minimum absolute atomic E-state index is 0.400. The van der Waals surface area contributed by atoms with Crippen molar-refractivity contribution in [3.63, 3.8) is 0 Å². The van der Waals surface area contributed by atoms with Crippen molar-refractivity contribution in [2.75, 3.05) is 33.7 Å². The van der Waals surface area contributed by atoms with Crippen LogP contribution in [0.5, 0.6) is 0 Å². The number of likely N-dealkylation sites (N-methyl/N-ethyl adjacent to an activating group) is 1. The molecule has 1 heterocycles. The Kier molecular flexibility index (Phi) is 4.01. The molecule has 0 aromatic carbocycles. The zero-order valence-electron chi connectivity index (χ0n) is 10.7. The summed E-state index contributed by atoms with van der Waals surface area (Å²) in [6.45, 7) is 2.64. The number of carbonyl (C=O) groups is 1. The van der Waals surface area contributed by atoms with Crippen molar-refractivity contribution >= 4 is 5.97 Å². The second-order valence-corrected chi connectivity index (χ2v) is 5.50. The Morgan fingerprint density at radius 2 is 2.18 bits per heavy atom. The van der Waals surface area contributed by atoms with Crippen LogP contribution in [0, 0.1) is 0 Å². The largest absolute Gasteiger partial charge is 0.480 e. The van der Waals surface area contributed by atoms with Gasteiger partial charge in [0.05, 0.1) is 0 Å². The smallest absolute Gasteiger partial charge is 0.322 e. The monoisotopic (exact) mass is 241 g/mol. The van der Waals surface area contributed by atoms with E-state index < -0.39 is 12.0 Å². The first kappa shape index (κ1) is 12.8. The highest BCUT2D eigenvalue weighted by molar-refractivity contribution is 5.73. The van der Waals surface area contributed by atoms with E-state index in [2.05, 4.69) is 29.2 Å². The van der Waals surface area contributed by atoms with E-state index in [1.165, 1.54) is 0 Å². The summed E-state index contributed by atoms with van der Waals surface area (Å²) in [6.07, 6.45) is 3.40. The van der Waals surface area contributed by atoms with Crippen LogP contribution in [0.3, 0.4) is 0 Å². The van der Waals surface area contributed by atoms with Crippen LogP contribution in [0.15, 0.2) is 0 Å². The number of hydrogen-bond acceptors (Lipinski definition) is 4. The standard InChI is InChI=1S/C12H23N3O2/c1-14(2)10-5-6-15(7-10)8-11(12(16)17)13-9-3-4-9/h9-11,13H,3-8H2,1-2H3,(H,16,17). The van der Waals surface area contributed by atoms with Crippen LogP contribution in [0.2, 0.25) is 0 Å². The lowest BCUT2D eigenvalue weighted by Gasteiger charge is -2.23. The van der Waals surface area contributed by atoms with Gasteiger partial charge in [-0.1, -0.05) is 0 Å². The first-order chi connectivity index (χ1) is 8.06. The Balaban J connectivity index is 1.79. The molecule has 2 N–H and O–H groups in total. The van der Waals surface area contributed by atoms with Gasteiger partial charge < -0.3 is 15.3 Å². The molecule has 0 radical (unpaired) electrons. The lowest BCUT2D eigenvalue weighted by atomic mass is 10.2. The maximum absolute atomic E-state index is 11.2. The third-order valence-corrected chi connectivity index (χ3v) is 3.73. The first-order valence-corrected chi connectivity index (χ1v) is 6.44. The Labute approximate surface area is 103 Å². The highest BCUT2D eigenvalue weighted by Crippen LogP contribution is 2.20. The molecule has 1 saturated carbocycles. The molecule has 2 fully saturated rings. The molecule has 2 aliphatic rings. The van der Waals surface area contributed by atoms with E-state index in [-0.39, 0.29) is 0 Å². The SMILES string of the molecule is CN(C)C1CCN(CC(NC2CC2)C(=O)O)C1. The molecular weight excluding hydrogens is 218 g/mol. The predicted molar refractivity (Wildman–Crippen MR) is 66.1 cm³/mol. The summed E-state index contributed by atoms with van der Waals surface area (Å²) in [5, 5.41) is 12.4. The van der Waals surface area contributed by atoms with Crippen LogP contribution >= 0.6 is 0 Å². The molecule has 0 aromatic heterocycles. The van der Waals surface area contributed by atoms with Crippen LogP contribution < -0.4 is 5.32 Å². The quantitative estimate of drug-likeness (QED) is 0.676. The summed E-state index contributed by atoms with van der Waals surface area (Å²) < 4.78 is 0. The number of carboxylic acid groups (broad SMARTS) is 1. The first-order valence-electron chi connectivity index (χ1n) is 6.44. The van der Waals surface area contributed by atoms with Gasteiger partial charge in [-0.15, -0.1) is 0 Å². The van der Waals surface area contributed by atoms with E-state index in [1.54, 1.807) is 0 Å². The van der Waals surface area contributed by atoms with Gasteiger partial charge in [-0.25, -0.2) is 0 Å². The molecule has 0 aromatic rings. The molecule has 5 nitrogen and oxygen atoms in total. The van der Waals surface area contributed by atoms with E-state index in [9.17, 15) is 9.90 Å². The van der Waals surface area contributed by atoms with Crippen molar-refractivity contribution in [3.8, 4) is 0 Å². The molecular formula is C12H23N3O2. The molecule has 1 saturated heterocycles. The van der Waals surface area contributed by atoms with Gasteiger partial charge >= 0.3 is 5.97 Å². The van der Waals surface area contributed by atoms with Crippen molar-refractivity contribution in [1.82, 2.24) is 15.1 Å². The maximum Gasteiger partial charge on any atom is 0.322 e. The molecule has 2 unspecified atom stereocenters. The predicted octanol–water partition coefficient (Wildman–Crippen LogP) is -0.172. The third-order valence-electron chi connectivity index (χ3n) is 3.73. The lowest BCUT2D eigenvalue weighted by molar-refractivity contribution is -0.140. The maximum atomic E-state index is 11.2. The van der Waals surface area contributed by atoms with Crippen molar-refractivity contribution in [1.29, 1.82) is 0 Å². The van der Waals surface area contributed by atoms with Gasteiger partial charge in [0.15, 0.2) is 0 Å². The number of aliphatic carboxylic acids is 1. The molecule has 2 rings (SSSR count). The average Bonchev–Trinajstić information content (AvgIpc) is 2.93. The van der Waals surface area contributed by atoms with Crippen molar-refractivity contribution < 1.29 is 9.90 Å². The normalized spacial score (nSPS) is 27.6. The summed E-state index contributed by atoms with van der Waals surface area (Å²) in [5.41, 5.74) is 0. The minimum Gasteiger partial charge on any atom is -0.480 e. The van der Waals surface area contributed by atoms with Crippen LogP contribution in [0.1, 0.15) is 19.3 Å². The van der Waals surface area contributed by atoms with Crippen LogP contribution in [-0.4, -0.2) is 72.7 Å². The summed E-state index contributed by atoms with van der Waals surface area (Å²) in [6, 6.07) is 0.622. The van der Waals surface area contributed by atoms with Gasteiger partial charge in [-0.2, -0.15) is 0 Å². The molecule has 5 heteroatoms. The minimum atomic E-state index is -0.717. The molecule has 98 valence electrons. The van der Waals surface area contributed by atoms with Crippen LogP contribution in [0.25, 0.3) is 0 Å². The van der Waals surface area contributed by atoms with Gasteiger partial charge in [-0.3, -0.25) is 9.69 Å². The topological polar surface area (TPSA) is 55.8 Å². The molecule has 1 aliphatic heterocycles. The van der Waals surface area contributed by atoms with Gasteiger partial charge in [0.2, 0.25) is 0 Å². The van der Waals surface area contributed by atoms with Gasteiger partial charge in [0, 0.05) is 25.2 Å². The number of nitrogens with one attached hydrogen (secondary N) is 1. The summed E-state index contributed by atoms with van der Waals surface area (Å²) >= 11 is 0. The second kappa shape index (κ2) is 5.33. The van der Waals surface area contributed by atoms with Gasteiger partial charge in [0.1, 0.15) is 6.04 Å². The molecule has 2 atom stereocenters. The summed E-state index contributed by atoms with van der Waals surface area (Å²) in [5.74, 6) is -0.717. The van der Waals surface area contributed by atoms with Crippen LogP contribution in [0.4, 0.5) is 0 Å². The second-order valence-electron chi connectivity index (χ2n) is 5.50. The zero-order valence-corrected chi connectivity index (χ0v) is 10.7. The van der Waals surface area contributed by atoms with Crippen LogP contribution in [-0.2, 0) is 4.79 Å². The Morgan fingerprint density at radius 3 is 2.65 bits per heavy atom. The highest BCUT2D eigenvalue weighted by atomic mass is 16.4. The van der Waals surface area contributed by atoms with Crippen molar-refractivity contribution in [3.05, 3.63) is 0 Å². The van der Waals surface area contributed by atoms with E-state index in [1.807, 2.05) is 0 Å². The average molecular weight is 241 g/mol. The van der Waals surface area contributed by atoms with Gasteiger partial charge in [-0.05, 0) is 39.9 Å². The fourth-order valence-electron chi connectivity index (χ4n) is 2.39. The Hall–Kier alpha value is -0.650. The number of nitrogens with zero attached hydrogens (tertiary/aromatic N) is 2. The Morgan fingerprint density at radius 1 is 1.47 bits per heavy atom. The van der Waals surface area contributed by atoms with E-state index in [0.29, 0.717) is 18.6 Å².